The molecule has 1 aromatic rings. The number of benzene rings is 1. The zero-order chi connectivity index (χ0) is 8.97. The lowest BCUT2D eigenvalue weighted by Gasteiger charge is -2.05. The molecule has 0 atom stereocenters. The Morgan fingerprint density at radius 3 is 2.92 bits per heavy atom. The van der Waals surface area contributed by atoms with Gasteiger partial charge in [0.05, 0.1) is 5.02 Å². The third-order valence-electron chi connectivity index (χ3n) is 1.31. The van der Waals surface area contributed by atoms with Crippen molar-refractivity contribution < 1.29 is 4.74 Å². The average Bonchev–Trinajstić information content (AvgIpc) is 2.03. The zero-order valence-electron chi connectivity index (χ0n) is 6.59. The van der Waals surface area contributed by atoms with Crippen LogP contribution in [0.5, 0.6) is 5.75 Å². The average molecular weight is 184 g/mol. The molecule has 2 nitrogen and oxygen atoms in total. The number of hydrogen-bond donors (Lipinski definition) is 1. The van der Waals surface area contributed by atoms with Gasteiger partial charge in [0, 0.05) is 5.69 Å². The minimum atomic E-state index is 0.448. The molecule has 0 unspecified atom stereocenters. The standard InChI is InChI=1S/C9H10ClNO/c1-2-5-12-9-4-3-7(11)6-8(9)10/h2-4,6H,1,5,11H2. The second-order valence-corrected chi connectivity index (χ2v) is 2.70. The quantitative estimate of drug-likeness (QED) is 0.577. The van der Waals surface area contributed by atoms with Crippen LogP contribution in [0.2, 0.25) is 5.02 Å². The van der Waals surface area contributed by atoms with E-state index in [4.69, 9.17) is 22.1 Å². The Labute approximate surface area is 76.6 Å². The van der Waals surface area contributed by atoms with Crippen molar-refractivity contribution in [2.75, 3.05) is 12.3 Å². The fraction of sp³-hybridized carbons (Fsp3) is 0.111. The Bertz CT molecular complexity index is 286. The molecule has 0 amide bonds. The van der Waals surface area contributed by atoms with Crippen molar-refractivity contribution in [2.24, 2.45) is 0 Å². The summed E-state index contributed by atoms with van der Waals surface area (Å²) in [7, 11) is 0. The van der Waals surface area contributed by atoms with Crippen LogP contribution in [-0.4, -0.2) is 6.61 Å². The van der Waals surface area contributed by atoms with Gasteiger partial charge in [-0.05, 0) is 18.2 Å². The van der Waals surface area contributed by atoms with Gasteiger partial charge in [-0.15, -0.1) is 0 Å². The molecule has 0 radical (unpaired) electrons. The van der Waals surface area contributed by atoms with Gasteiger partial charge in [-0.3, -0.25) is 0 Å². The molecule has 0 spiro atoms. The molecule has 0 bridgehead atoms. The largest absolute Gasteiger partial charge is 0.488 e. The van der Waals surface area contributed by atoms with Gasteiger partial charge < -0.3 is 10.5 Å². The lowest BCUT2D eigenvalue weighted by Crippen LogP contribution is -1.94. The Morgan fingerprint density at radius 1 is 1.58 bits per heavy atom. The molecule has 12 heavy (non-hydrogen) atoms. The summed E-state index contributed by atoms with van der Waals surface area (Å²) in [6.07, 6.45) is 1.66. The third kappa shape index (κ3) is 2.17. The molecule has 0 aromatic heterocycles. The number of rotatable bonds is 3. The first-order chi connectivity index (χ1) is 5.74. The van der Waals surface area contributed by atoms with E-state index in [1.807, 2.05) is 0 Å². The van der Waals surface area contributed by atoms with Crippen LogP contribution in [0.4, 0.5) is 5.69 Å². The highest BCUT2D eigenvalue weighted by molar-refractivity contribution is 6.32. The fourth-order valence-electron chi connectivity index (χ4n) is 0.783. The van der Waals surface area contributed by atoms with Crippen LogP contribution in [0, 0.1) is 0 Å². The van der Waals surface area contributed by atoms with Gasteiger partial charge in [0.15, 0.2) is 0 Å². The molecule has 0 aliphatic rings. The van der Waals surface area contributed by atoms with E-state index in [2.05, 4.69) is 6.58 Å². The monoisotopic (exact) mass is 183 g/mol. The van der Waals surface area contributed by atoms with Crippen LogP contribution < -0.4 is 10.5 Å². The molecule has 64 valence electrons. The number of nitrogen functional groups attached to an aromatic ring is 1. The summed E-state index contributed by atoms with van der Waals surface area (Å²) in [5, 5.41) is 0.525. The summed E-state index contributed by atoms with van der Waals surface area (Å²) in [6, 6.07) is 5.13. The molecular formula is C9H10ClNO. The van der Waals surface area contributed by atoms with E-state index in [1.54, 1.807) is 24.3 Å². The Kier molecular flexibility index (Phi) is 3.00. The van der Waals surface area contributed by atoms with Gasteiger partial charge in [-0.25, -0.2) is 0 Å². The van der Waals surface area contributed by atoms with E-state index >= 15 is 0 Å². The summed E-state index contributed by atoms with van der Waals surface area (Å²) in [5.74, 6) is 0.630. The number of ether oxygens (including phenoxy) is 1. The molecule has 0 saturated heterocycles. The normalized spacial score (nSPS) is 9.42. The highest BCUT2D eigenvalue weighted by Crippen LogP contribution is 2.26. The van der Waals surface area contributed by atoms with Crippen molar-refractivity contribution >= 4 is 17.3 Å². The second kappa shape index (κ2) is 4.02. The fourth-order valence-corrected chi connectivity index (χ4v) is 1.03. The van der Waals surface area contributed by atoms with Crippen molar-refractivity contribution in [3.63, 3.8) is 0 Å². The maximum atomic E-state index is 5.83. The maximum absolute atomic E-state index is 5.83. The van der Waals surface area contributed by atoms with Crippen LogP contribution in [0.1, 0.15) is 0 Å². The molecule has 0 fully saturated rings. The first-order valence-electron chi connectivity index (χ1n) is 3.52. The summed E-state index contributed by atoms with van der Waals surface area (Å²) in [4.78, 5) is 0. The molecule has 0 heterocycles. The van der Waals surface area contributed by atoms with Gasteiger partial charge in [-0.2, -0.15) is 0 Å². The molecule has 0 saturated carbocycles. The predicted octanol–water partition coefficient (Wildman–Crippen LogP) is 2.49. The second-order valence-electron chi connectivity index (χ2n) is 2.29. The molecule has 0 aliphatic carbocycles. The molecular weight excluding hydrogens is 174 g/mol. The summed E-state index contributed by atoms with van der Waals surface area (Å²) >= 11 is 5.83. The first-order valence-corrected chi connectivity index (χ1v) is 3.90. The van der Waals surface area contributed by atoms with Crippen LogP contribution >= 0.6 is 11.6 Å². The topological polar surface area (TPSA) is 35.2 Å². The van der Waals surface area contributed by atoms with Crippen molar-refractivity contribution in [3.8, 4) is 5.75 Å². The molecule has 2 N–H and O–H groups in total. The smallest absolute Gasteiger partial charge is 0.138 e. The van der Waals surface area contributed by atoms with Gasteiger partial charge in [-0.1, -0.05) is 24.3 Å². The van der Waals surface area contributed by atoms with Gasteiger partial charge in [0.25, 0.3) is 0 Å². The van der Waals surface area contributed by atoms with E-state index in [0.29, 0.717) is 23.1 Å². The van der Waals surface area contributed by atoms with Crippen LogP contribution in [0.3, 0.4) is 0 Å². The highest BCUT2D eigenvalue weighted by Gasteiger charge is 1.99. The number of hydrogen-bond acceptors (Lipinski definition) is 2. The minimum Gasteiger partial charge on any atom is -0.488 e. The molecule has 0 aliphatic heterocycles. The van der Waals surface area contributed by atoms with Crippen molar-refractivity contribution in [1.29, 1.82) is 0 Å². The SMILES string of the molecule is C=CCOc1ccc(N)cc1Cl. The molecule has 1 aromatic carbocycles. The number of halogens is 1. The number of nitrogens with two attached hydrogens (primary N) is 1. The summed E-state index contributed by atoms with van der Waals surface area (Å²) in [5.41, 5.74) is 6.13. The first kappa shape index (κ1) is 8.94. The van der Waals surface area contributed by atoms with Crippen LogP contribution in [-0.2, 0) is 0 Å². The number of anilines is 1. The summed E-state index contributed by atoms with van der Waals surface area (Å²) < 4.78 is 5.24. The van der Waals surface area contributed by atoms with Crippen LogP contribution in [0.15, 0.2) is 30.9 Å². The van der Waals surface area contributed by atoms with Crippen molar-refractivity contribution in [2.45, 2.75) is 0 Å². The summed E-state index contributed by atoms with van der Waals surface area (Å²) in [6.45, 7) is 3.98. The van der Waals surface area contributed by atoms with Crippen molar-refractivity contribution in [1.82, 2.24) is 0 Å². The molecule has 1 rings (SSSR count). The Balaban J connectivity index is 2.78. The van der Waals surface area contributed by atoms with Crippen molar-refractivity contribution in [3.05, 3.63) is 35.9 Å². The van der Waals surface area contributed by atoms with Gasteiger partial charge in [0.1, 0.15) is 12.4 Å². The minimum absolute atomic E-state index is 0.448. The van der Waals surface area contributed by atoms with E-state index in [-0.39, 0.29) is 0 Å². The van der Waals surface area contributed by atoms with E-state index in [9.17, 15) is 0 Å². The maximum Gasteiger partial charge on any atom is 0.138 e. The predicted molar refractivity (Wildman–Crippen MR) is 51.6 cm³/mol. The third-order valence-corrected chi connectivity index (χ3v) is 1.61. The van der Waals surface area contributed by atoms with Crippen LogP contribution in [0.25, 0.3) is 0 Å². The lowest BCUT2D eigenvalue weighted by molar-refractivity contribution is 0.363. The van der Waals surface area contributed by atoms with E-state index in [1.165, 1.54) is 0 Å². The lowest BCUT2D eigenvalue weighted by atomic mass is 10.3. The van der Waals surface area contributed by atoms with E-state index < -0.39 is 0 Å². The zero-order valence-corrected chi connectivity index (χ0v) is 7.34. The highest BCUT2D eigenvalue weighted by atomic mass is 35.5. The Hall–Kier alpha value is -1.15. The van der Waals surface area contributed by atoms with E-state index in [0.717, 1.165) is 0 Å². The van der Waals surface area contributed by atoms with Gasteiger partial charge >= 0.3 is 0 Å². The Morgan fingerprint density at radius 2 is 2.33 bits per heavy atom. The van der Waals surface area contributed by atoms with Gasteiger partial charge in [0.2, 0.25) is 0 Å². The molecule has 3 heteroatoms.